The third-order valence-electron chi connectivity index (χ3n) is 2.70. The Morgan fingerprint density at radius 1 is 1.47 bits per heavy atom. The fourth-order valence-corrected chi connectivity index (χ4v) is 2.17. The molecule has 1 heterocycles. The van der Waals surface area contributed by atoms with Crippen molar-refractivity contribution in [2.45, 2.75) is 25.1 Å². The van der Waals surface area contributed by atoms with Crippen LogP contribution in [-0.4, -0.2) is 46.4 Å². The molecule has 0 aromatic rings. The van der Waals surface area contributed by atoms with Crippen LogP contribution in [0.3, 0.4) is 0 Å². The predicted octanol–water partition coefficient (Wildman–Crippen LogP) is 1.17. The van der Waals surface area contributed by atoms with Gasteiger partial charge in [-0.05, 0) is 12.8 Å². The summed E-state index contributed by atoms with van der Waals surface area (Å²) in [5, 5.41) is 8.80. The van der Waals surface area contributed by atoms with Gasteiger partial charge in [0.05, 0.1) is 0 Å². The van der Waals surface area contributed by atoms with E-state index in [1.807, 2.05) is 0 Å². The number of nitrogens with zero attached hydrogens (tertiary/aromatic N) is 1. The van der Waals surface area contributed by atoms with Gasteiger partial charge in [-0.1, -0.05) is 0 Å². The molecule has 2 atom stereocenters. The topological polar surface area (TPSA) is 57.6 Å². The van der Waals surface area contributed by atoms with E-state index >= 15 is 0 Å². The van der Waals surface area contributed by atoms with E-state index in [-0.39, 0.29) is 13.0 Å². The minimum absolute atomic E-state index is 0.0517. The Morgan fingerprint density at radius 3 is 2.47 bits per heavy atom. The van der Waals surface area contributed by atoms with Gasteiger partial charge in [-0.25, -0.2) is 4.79 Å². The number of halogens is 3. The smallest absolute Gasteiger partial charge is 0.401 e. The molecule has 1 amide bonds. The van der Waals surface area contributed by atoms with Crippen LogP contribution in [0.5, 0.6) is 0 Å². The van der Waals surface area contributed by atoms with Crippen molar-refractivity contribution < 1.29 is 27.9 Å². The Bertz CT molecular complexity index is 321. The molecule has 1 aliphatic rings. The molecule has 0 spiro atoms. The van der Waals surface area contributed by atoms with Crippen LogP contribution in [0.4, 0.5) is 13.2 Å². The van der Waals surface area contributed by atoms with E-state index in [4.69, 9.17) is 5.11 Å². The van der Waals surface area contributed by atoms with Gasteiger partial charge in [-0.3, -0.25) is 4.79 Å². The predicted molar refractivity (Wildman–Crippen MR) is 55.8 cm³/mol. The number of thiol groups is 1. The van der Waals surface area contributed by atoms with E-state index in [2.05, 4.69) is 12.6 Å². The second-order valence-corrected chi connectivity index (χ2v) is 4.17. The Kier molecular flexibility index (Phi) is 4.29. The summed E-state index contributed by atoms with van der Waals surface area (Å²) in [6.45, 7) is 0.0517. The minimum Gasteiger partial charge on any atom is -0.480 e. The zero-order chi connectivity index (χ0) is 13.2. The van der Waals surface area contributed by atoms with Gasteiger partial charge in [0.25, 0.3) is 0 Å². The molecule has 0 unspecified atom stereocenters. The van der Waals surface area contributed by atoms with Crippen LogP contribution in [0.15, 0.2) is 0 Å². The van der Waals surface area contributed by atoms with Crippen molar-refractivity contribution in [1.29, 1.82) is 0 Å². The third kappa shape index (κ3) is 3.05. The van der Waals surface area contributed by atoms with Gasteiger partial charge < -0.3 is 10.0 Å². The lowest BCUT2D eigenvalue weighted by atomic mass is 10.1. The summed E-state index contributed by atoms with van der Waals surface area (Å²) >= 11 is 3.51. The largest absolute Gasteiger partial charge is 0.480 e. The highest BCUT2D eigenvalue weighted by molar-refractivity contribution is 7.80. The highest BCUT2D eigenvalue weighted by Crippen LogP contribution is 2.31. The molecular formula is C9H12F3NO3S. The summed E-state index contributed by atoms with van der Waals surface area (Å²) in [6, 6.07) is -1.15. The van der Waals surface area contributed by atoms with Crippen molar-refractivity contribution in [3.05, 3.63) is 0 Å². The van der Waals surface area contributed by atoms with Crippen LogP contribution in [0.25, 0.3) is 0 Å². The van der Waals surface area contributed by atoms with Crippen LogP contribution in [0, 0.1) is 5.92 Å². The average molecular weight is 271 g/mol. The number of amides is 1. The number of rotatable bonds is 3. The van der Waals surface area contributed by atoms with E-state index in [9.17, 15) is 22.8 Å². The highest BCUT2D eigenvalue weighted by Gasteiger charge is 2.48. The van der Waals surface area contributed by atoms with Gasteiger partial charge in [-0.15, -0.1) is 0 Å². The second-order valence-electron chi connectivity index (χ2n) is 3.80. The maximum absolute atomic E-state index is 12.5. The fourth-order valence-electron chi connectivity index (χ4n) is 1.81. The van der Waals surface area contributed by atoms with Crippen molar-refractivity contribution in [1.82, 2.24) is 4.90 Å². The Morgan fingerprint density at radius 2 is 2.06 bits per heavy atom. The first kappa shape index (κ1) is 14.1. The number of aliphatic carboxylic acids is 1. The van der Waals surface area contributed by atoms with Crippen LogP contribution < -0.4 is 0 Å². The van der Waals surface area contributed by atoms with Crippen LogP contribution in [-0.2, 0) is 9.59 Å². The quantitative estimate of drug-likeness (QED) is 0.758. The monoisotopic (exact) mass is 271 g/mol. The van der Waals surface area contributed by atoms with Gasteiger partial charge >= 0.3 is 12.1 Å². The minimum atomic E-state index is -4.69. The Labute approximate surface area is 101 Å². The van der Waals surface area contributed by atoms with Gasteiger partial charge in [0.1, 0.15) is 12.0 Å². The molecule has 1 aliphatic heterocycles. The van der Waals surface area contributed by atoms with E-state index in [1.165, 1.54) is 0 Å². The zero-order valence-corrected chi connectivity index (χ0v) is 9.67. The number of likely N-dealkylation sites (tertiary alicyclic amines) is 1. The number of hydrogen-bond donors (Lipinski definition) is 2. The summed E-state index contributed by atoms with van der Waals surface area (Å²) < 4.78 is 37.5. The molecule has 1 N–H and O–H groups in total. The molecule has 1 saturated heterocycles. The fraction of sp³-hybridized carbons (Fsp3) is 0.778. The number of carbonyl (C=O) groups is 2. The second kappa shape index (κ2) is 5.16. The van der Waals surface area contributed by atoms with Crippen LogP contribution in [0.1, 0.15) is 12.8 Å². The summed E-state index contributed by atoms with van der Waals surface area (Å²) in [6.07, 6.45) is -4.09. The standard InChI is InChI=1S/C9H12F3NO3S/c10-9(11,12)5(4-17)7(14)13-3-1-2-6(13)8(15)16/h5-6,17H,1-4H2,(H,15,16)/t5-,6-/m0/s1. The molecule has 0 bridgehead atoms. The molecule has 8 heteroatoms. The van der Waals surface area contributed by atoms with Crippen LogP contribution >= 0.6 is 12.6 Å². The lowest BCUT2D eigenvalue weighted by Gasteiger charge is -2.27. The SMILES string of the molecule is O=C(O)[C@@H]1CCCN1C(=O)[C@H](CS)C(F)(F)F. The summed E-state index contributed by atoms with van der Waals surface area (Å²) in [5.41, 5.74) is 0. The molecule has 0 radical (unpaired) electrons. The van der Waals surface area contributed by atoms with Crippen LogP contribution in [0.2, 0.25) is 0 Å². The lowest BCUT2D eigenvalue weighted by Crippen LogP contribution is -2.47. The number of hydrogen-bond acceptors (Lipinski definition) is 3. The Hall–Kier alpha value is -0.920. The molecular weight excluding hydrogens is 259 g/mol. The molecule has 1 fully saturated rings. The van der Waals surface area contributed by atoms with E-state index in [0.29, 0.717) is 6.42 Å². The van der Waals surface area contributed by atoms with Gasteiger partial charge in [0, 0.05) is 12.3 Å². The summed E-state index contributed by atoms with van der Waals surface area (Å²) in [4.78, 5) is 23.2. The maximum Gasteiger partial charge on any atom is 0.401 e. The third-order valence-corrected chi connectivity index (χ3v) is 3.06. The van der Waals surface area contributed by atoms with Crippen molar-refractivity contribution in [3.8, 4) is 0 Å². The first-order valence-corrected chi connectivity index (χ1v) is 5.63. The number of alkyl halides is 3. The van der Waals surface area contributed by atoms with Gasteiger partial charge in [0.2, 0.25) is 5.91 Å². The highest BCUT2D eigenvalue weighted by atomic mass is 32.1. The number of carboxylic acid groups (broad SMARTS) is 1. The van der Waals surface area contributed by atoms with Crippen molar-refractivity contribution in [3.63, 3.8) is 0 Å². The molecule has 0 aromatic heterocycles. The average Bonchev–Trinajstić information content (AvgIpc) is 2.64. The van der Waals surface area contributed by atoms with Crippen molar-refractivity contribution in [2.75, 3.05) is 12.3 Å². The summed E-state index contributed by atoms with van der Waals surface area (Å²) in [7, 11) is 0. The van der Waals surface area contributed by atoms with Gasteiger partial charge in [0.15, 0.2) is 0 Å². The zero-order valence-electron chi connectivity index (χ0n) is 8.78. The molecule has 1 rings (SSSR count). The lowest BCUT2D eigenvalue weighted by molar-refractivity contribution is -0.186. The number of carboxylic acids is 1. The Balaban J connectivity index is 2.84. The van der Waals surface area contributed by atoms with Gasteiger partial charge in [-0.2, -0.15) is 25.8 Å². The molecule has 17 heavy (non-hydrogen) atoms. The molecule has 4 nitrogen and oxygen atoms in total. The molecule has 0 aliphatic carbocycles. The maximum atomic E-state index is 12.5. The van der Waals surface area contributed by atoms with E-state index in [1.54, 1.807) is 0 Å². The van der Waals surface area contributed by atoms with E-state index < -0.39 is 35.8 Å². The number of carbonyl (C=O) groups excluding carboxylic acids is 1. The molecule has 98 valence electrons. The normalized spacial score (nSPS) is 22.6. The van der Waals surface area contributed by atoms with E-state index in [0.717, 1.165) is 4.90 Å². The van der Waals surface area contributed by atoms with Crippen molar-refractivity contribution >= 4 is 24.5 Å². The first-order chi connectivity index (χ1) is 7.79. The molecule has 0 saturated carbocycles. The van der Waals surface area contributed by atoms with Crippen molar-refractivity contribution in [2.24, 2.45) is 5.92 Å². The molecule has 0 aromatic carbocycles. The summed E-state index contributed by atoms with van der Waals surface area (Å²) in [5.74, 6) is -5.37. The first-order valence-electron chi connectivity index (χ1n) is 5.00.